The van der Waals surface area contributed by atoms with E-state index in [1.165, 1.54) is 26.1 Å². The second-order valence-electron chi connectivity index (χ2n) is 4.09. The molecule has 0 spiro atoms. The molecule has 82 valence electrons. The summed E-state index contributed by atoms with van der Waals surface area (Å²) in [5.74, 6) is 0. The Morgan fingerprint density at radius 3 is 2.57 bits per heavy atom. The fraction of sp³-hybridized carbons (Fsp3) is 1.00. The van der Waals surface area contributed by atoms with Crippen molar-refractivity contribution in [1.29, 1.82) is 0 Å². The van der Waals surface area contributed by atoms with Crippen LogP contribution in [0, 0.1) is 0 Å². The molecular formula is C10H21N3O. The van der Waals surface area contributed by atoms with Crippen LogP contribution in [0.1, 0.15) is 6.42 Å². The van der Waals surface area contributed by atoms with Crippen LogP contribution in [0.3, 0.4) is 0 Å². The fourth-order valence-electron chi connectivity index (χ4n) is 2.07. The summed E-state index contributed by atoms with van der Waals surface area (Å²) in [6.45, 7) is 9.91. The number of morpholine rings is 1. The van der Waals surface area contributed by atoms with E-state index >= 15 is 0 Å². The van der Waals surface area contributed by atoms with E-state index in [4.69, 9.17) is 4.74 Å². The van der Waals surface area contributed by atoms with Gasteiger partial charge in [0.2, 0.25) is 0 Å². The van der Waals surface area contributed by atoms with Crippen LogP contribution in [0.15, 0.2) is 0 Å². The molecule has 0 aliphatic carbocycles. The van der Waals surface area contributed by atoms with E-state index in [-0.39, 0.29) is 0 Å². The van der Waals surface area contributed by atoms with Crippen molar-refractivity contribution in [2.24, 2.45) is 0 Å². The fourth-order valence-corrected chi connectivity index (χ4v) is 2.07. The summed E-state index contributed by atoms with van der Waals surface area (Å²) in [5.41, 5.74) is 0. The van der Waals surface area contributed by atoms with Gasteiger partial charge in [-0.2, -0.15) is 0 Å². The maximum Gasteiger partial charge on any atom is 0.0594 e. The Balaban J connectivity index is 1.71. The highest BCUT2D eigenvalue weighted by molar-refractivity contribution is 4.68. The van der Waals surface area contributed by atoms with Gasteiger partial charge in [-0.1, -0.05) is 0 Å². The summed E-state index contributed by atoms with van der Waals surface area (Å²) in [6, 6.07) is 0. The molecule has 0 saturated carbocycles. The summed E-state index contributed by atoms with van der Waals surface area (Å²) >= 11 is 0. The minimum atomic E-state index is 0.909. The molecule has 0 aromatic rings. The zero-order valence-corrected chi connectivity index (χ0v) is 8.87. The van der Waals surface area contributed by atoms with Crippen LogP contribution in [0.25, 0.3) is 0 Å². The van der Waals surface area contributed by atoms with E-state index in [1.807, 2.05) is 0 Å². The first kappa shape index (κ1) is 10.4. The first-order chi connectivity index (χ1) is 6.95. The minimum Gasteiger partial charge on any atom is -0.379 e. The molecule has 2 aliphatic heterocycles. The molecule has 0 atom stereocenters. The predicted octanol–water partition coefficient (Wildman–Crippen LogP) is -0.429. The van der Waals surface area contributed by atoms with Crippen molar-refractivity contribution in [3.05, 3.63) is 0 Å². The molecule has 4 nitrogen and oxygen atoms in total. The Morgan fingerprint density at radius 2 is 1.71 bits per heavy atom. The Labute approximate surface area is 86.2 Å². The number of nitrogens with one attached hydrogen (secondary N) is 1. The smallest absolute Gasteiger partial charge is 0.0594 e. The third-order valence-corrected chi connectivity index (χ3v) is 2.94. The van der Waals surface area contributed by atoms with Crippen LogP contribution < -0.4 is 5.32 Å². The normalized spacial score (nSPS) is 27.4. The topological polar surface area (TPSA) is 27.7 Å². The Morgan fingerprint density at radius 1 is 0.929 bits per heavy atom. The van der Waals surface area contributed by atoms with Gasteiger partial charge in [0.15, 0.2) is 0 Å². The van der Waals surface area contributed by atoms with Gasteiger partial charge in [0.25, 0.3) is 0 Å². The zero-order valence-electron chi connectivity index (χ0n) is 8.87. The van der Waals surface area contributed by atoms with Gasteiger partial charge in [-0.3, -0.25) is 9.80 Å². The molecule has 2 heterocycles. The third kappa shape index (κ3) is 3.20. The van der Waals surface area contributed by atoms with E-state index < -0.39 is 0 Å². The number of nitrogens with zero attached hydrogens (tertiary/aromatic N) is 2. The summed E-state index contributed by atoms with van der Waals surface area (Å²) in [4.78, 5) is 5.04. The van der Waals surface area contributed by atoms with Crippen molar-refractivity contribution in [3.63, 3.8) is 0 Å². The van der Waals surface area contributed by atoms with Gasteiger partial charge in [-0.05, 0) is 13.0 Å². The average molecular weight is 199 g/mol. The Hall–Kier alpha value is -0.160. The molecule has 2 saturated heterocycles. The number of hydrogen-bond donors (Lipinski definition) is 1. The van der Waals surface area contributed by atoms with Gasteiger partial charge >= 0.3 is 0 Å². The highest BCUT2D eigenvalue weighted by Gasteiger charge is 2.15. The zero-order chi connectivity index (χ0) is 9.64. The van der Waals surface area contributed by atoms with Crippen molar-refractivity contribution >= 4 is 0 Å². The molecule has 14 heavy (non-hydrogen) atoms. The molecule has 2 fully saturated rings. The SMILES string of the molecule is C1CNCCN(CN2CCOCC2)C1. The molecule has 1 N–H and O–H groups in total. The van der Waals surface area contributed by atoms with Crippen LogP contribution in [0.2, 0.25) is 0 Å². The van der Waals surface area contributed by atoms with Gasteiger partial charge < -0.3 is 10.1 Å². The van der Waals surface area contributed by atoms with Crippen LogP contribution in [0.5, 0.6) is 0 Å². The van der Waals surface area contributed by atoms with E-state index in [9.17, 15) is 0 Å². The standard InChI is InChI=1S/C10H21N3O/c1-2-11-3-5-12(4-1)10-13-6-8-14-9-7-13/h11H,1-10H2. The quantitative estimate of drug-likeness (QED) is 0.653. The lowest BCUT2D eigenvalue weighted by Crippen LogP contribution is -2.44. The second-order valence-corrected chi connectivity index (χ2v) is 4.09. The first-order valence-electron chi connectivity index (χ1n) is 5.68. The lowest BCUT2D eigenvalue weighted by molar-refractivity contribution is 0.0111. The van der Waals surface area contributed by atoms with Crippen molar-refractivity contribution in [1.82, 2.24) is 15.1 Å². The molecular weight excluding hydrogens is 178 g/mol. The number of rotatable bonds is 2. The van der Waals surface area contributed by atoms with Gasteiger partial charge in [-0.15, -0.1) is 0 Å². The van der Waals surface area contributed by atoms with Crippen molar-refractivity contribution in [2.45, 2.75) is 6.42 Å². The van der Waals surface area contributed by atoms with Gasteiger partial charge in [0.05, 0.1) is 19.9 Å². The minimum absolute atomic E-state index is 0.909. The van der Waals surface area contributed by atoms with Crippen molar-refractivity contribution in [3.8, 4) is 0 Å². The highest BCUT2D eigenvalue weighted by Crippen LogP contribution is 2.01. The van der Waals surface area contributed by atoms with Gasteiger partial charge in [-0.25, -0.2) is 0 Å². The molecule has 0 aromatic carbocycles. The number of hydrogen-bond acceptors (Lipinski definition) is 4. The van der Waals surface area contributed by atoms with Crippen LogP contribution in [-0.2, 0) is 4.74 Å². The molecule has 2 aliphatic rings. The van der Waals surface area contributed by atoms with Gasteiger partial charge in [0, 0.05) is 32.7 Å². The van der Waals surface area contributed by atoms with Gasteiger partial charge in [0.1, 0.15) is 0 Å². The lowest BCUT2D eigenvalue weighted by atomic mass is 10.4. The summed E-state index contributed by atoms with van der Waals surface area (Å²) < 4.78 is 5.34. The molecule has 2 rings (SSSR count). The molecule has 0 bridgehead atoms. The third-order valence-electron chi connectivity index (χ3n) is 2.94. The second kappa shape index (κ2) is 5.66. The van der Waals surface area contributed by atoms with Crippen LogP contribution in [0.4, 0.5) is 0 Å². The van der Waals surface area contributed by atoms with E-state index in [0.29, 0.717) is 0 Å². The van der Waals surface area contributed by atoms with Crippen molar-refractivity contribution in [2.75, 3.05) is 59.2 Å². The molecule has 0 amide bonds. The highest BCUT2D eigenvalue weighted by atomic mass is 16.5. The van der Waals surface area contributed by atoms with E-state index in [0.717, 1.165) is 39.5 Å². The summed E-state index contributed by atoms with van der Waals surface area (Å²) in [5, 5.41) is 3.43. The Kier molecular flexibility index (Phi) is 4.19. The first-order valence-corrected chi connectivity index (χ1v) is 5.68. The molecule has 0 unspecified atom stereocenters. The van der Waals surface area contributed by atoms with Crippen LogP contribution >= 0.6 is 0 Å². The van der Waals surface area contributed by atoms with E-state index in [1.54, 1.807) is 0 Å². The monoisotopic (exact) mass is 199 g/mol. The average Bonchev–Trinajstić information content (AvgIpc) is 2.48. The van der Waals surface area contributed by atoms with Crippen LogP contribution in [-0.4, -0.2) is 69.0 Å². The lowest BCUT2D eigenvalue weighted by Gasteiger charge is -2.31. The molecule has 4 heteroatoms. The molecule has 0 aromatic heterocycles. The number of ether oxygens (including phenoxy) is 1. The largest absolute Gasteiger partial charge is 0.379 e. The van der Waals surface area contributed by atoms with Crippen molar-refractivity contribution < 1.29 is 4.74 Å². The summed E-state index contributed by atoms with van der Waals surface area (Å²) in [7, 11) is 0. The Bertz CT molecular complexity index is 151. The predicted molar refractivity (Wildman–Crippen MR) is 56.3 cm³/mol. The maximum absolute atomic E-state index is 5.34. The molecule has 0 radical (unpaired) electrons. The summed E-state index contributed by atoms with van der Waals surface area (Å²) in [6.07, 6.45) is 1.28. The van der Waals surface area contributed by atoms with E-state index in [2.05, 4.69) is 15.1 Å². The maximum atomic E-state index is 5.34.